The number of carbonyl (C=O) groups excluding carboxylic acids is 1. The molecule has 3 rings (SSSR count). The van der Waals surface area contributed by atoms with E-state index in [0.717, 1.165) is 28.7 Å². The summed E-state index contributed by atoms with van der Waals surface area (Å²) in [5.74, 6) is 0.0785. The van der Waals surface area contributed by atoms with E-state index in [1.54, 1.807) is 0 Å². The standard InChI is InChI=1S/C21H18O/c1-2-16-14-9-15-19(20(16)17-10-5-3-6-11-17)21(22)18-12-7-4-8-13-18/h3-15H,2H2,1H3. The fourth-order valence-corrected chi connectivity index (χ4v) is 2.77. The molecule has 3 aromatic carbocycles. The summed E-state index contributed by atoms with van der Waals surface area (Å²) in [4.78, 5) is 12.9. The largest absolute Gasteiger partial charge is 0.289 e. The van der Waals surface area contributed by atoms with E-state index in [9.17, 15) is 4.79 Å². The van der Waals surface area contributed by atoms with Gasteiger partial charge < -0.3 is 0 Å². The Morgan fingerprint density at radius 2 is 1.41 bits per heavy atom. The van der Waals surface area contributed by atoms with Crippen LogP contribution in [0.25, 0.3) is 11.1 Å². The summed E-state index contributed by atoms with van der Waals surface area (Å²) in [5, 5.41) is 0. The molecule has 0 aliphatic carbocycles. The summed E-state index contributed by atoms with van der Waals surface area (Å²) in [6, 6.07) is 25.6. The molecule has 0 aliphatic rings. The molecule has 0 aromatic heterocycles. The molecule has 0 unspecified atom stereocenters. The minimum Gasteiger partial charge on any atom is -0.289 e. The van der Waals surface area contributed by atoms with Crippen LogP contribution in [0.3, 0.4) is 0 Å². The summed E-state index contributed by atoms with van der Waals surface area (Å²) in [6.07, 6.45) is 0.903. The first kappa shape index (κ1) is 14.3. The van der Waals surface area contributed by atoms with Gasteiger partial charge in [-0.05, 0) is 23.1 Å². The first-order valence-corrected chi connectivity index (χ1v) is 7.58. The average Bonchev–Trinajstić information content (AvgIpc) is 2.62. The van der Waals surface area contributed by atoms with Crippen molar-refractivity contribution in [2.24, 2.45) is 0 Å². The Kier molecular flexibility index (Phi) is 4.15. The van der Waals surface area contributed by atoms with Gasteiger partial charge in [-0.2, -0.15) is 0 Å². The Labute approximate surface area is 131 Å². The molecule has 0 N–H and O–H groups in total. The van der Waals surface area contributed by atoms with Crippen molar-refractivity contribution < 1.29 is 4.79 Å². The molecule has 0 atom stereocenters. The summed E-state index contributed by atoms with van der Waals surface area (Å²) in [5.41, 5.74) is 4.86. The lowest BCUT2D eigenvalue weighted by molar-refractivity contribution is 0.103. The van der Waals surface area contributed by atoms with E-state index in [-0.39, 0.29) is 5.78 Å². The summed E-state index contributed by atoms with van der Waals surface area (Å²) < 4.78 is 0. The minimum absolute atomic E-state index is 0.0785. The SMILES string of the molecule is CCc1cccc(C(=O)c2ccccc2)c1-c1ccccc1. The van der Waals surface area contributed by atoms with Crippen LogP contribution in [0.15, 0.2) is 78.9 Å². The molecular formula is C21H18O. The number of hydrogen-bond donors (Lipinski definition) is 0. The highest BCUT2D eigenvalue weighted by Gasteiger charge is 2.16. The molecule has 0 spiro atoms. The second-order valence-corrected chi connectivity index (χ2v) is 5.25. The van der Waals surface area contributed by atoms with Crippen LogP contribution in [0.5, 0.6) is 0 Å². The normalized spacial score (nSPS) is 10.4. The number of aryl methyl sites for hydroxylation is 1. The van der Waals surface area contributed by atoms with E-state index in [2.05, 4.69) is 25.1 Å². The van der Waals surface area contributed by atoms with Gasteiger partial charge in [-0.15, -0.1) is 0 Å². The van der Waals surface area contributed by atoms with Crippen LogP contribution in [0, 0.1) is 0 Å². The highest BCUT2D eigenvalue weighted by Crippen LogP contribution is 2.30. The topological polar surface area (TPSA) is 17.1 Å². The molecule has 3 aromatic rings. The molecule has 0 aliphatic heterocycles. The van der Waals surface area contributed by atoms with Crippen molar-refractivity contribution in [3.63, 3.8) is 0 Å². The minimum atomic E-state index is 0.0785. The predicted octanol–water partition coefficient (Wildman–Crippen LogP) is 5.15. The Bertz CT molecular complexity index is 774. The number of benzene rings is 3. The molecule has 0 amide bonds. The Morgan fingerprint density at radius 3 is 2.05 bits per heavy atom. The Balaban J connectivity index is 2.18. The van der Waals surface area contributed by atoms with Gasteiger partial charge in [0.1, 0.15) is 0 Å². The highest BCUT2D eigenvalue weighted by molar-refractivity contribution is 6.13. The Morgan fingerprint density at radius 1 is 0.773 bits per heavy atom. The number of hydrogen-bond acceptors (Lipinski definition) is 1. The van der Waals surface area contributed by atoms with E-state index in [1.165, 1.54) is 5.56 Å². The summed E-state index contributed by atoms with van der Waals surface area (Å²) >= 11 is 0. The average molecular weight is 286 g/mol. The maximum Gasteiger partial charge on any atom is 0.193 e. The van der Waals surface area contributed by atoms with Gasteiger partial charge in [0, 0.05) is 11.1 Å². The molecular weight excluding hydrogens is 268 g/mol. The van der Waals surface area contributed by atoms with Crippen LogP contribution < -0.4 is 0 Å². The Hall–Kier alpha value is -2.67. The first-order valence-electron chi connectivity index (χ1n) is 7.58. The zero-order chi connectivity index (χ0) is 15.4. The van der Waals surface area contributed by atoms with Gasteiger partial charge in [0.15, 0.2) is 5.78 Å². The molecule has 108 valence electrons. The van der Waals surface area contributed by atoms with Crippen molar-refractivity contribution in [2.45, 2.75) is 13.3 Å². The lowest BCUT2D eigenvalue weighted by Gasteiger charge is -2.14. The third-order valence-electron chi connectivity index (χ3n) is 3.87. The quantitative estimate of drug-likeness (QED) is 0.606. The van der Waals surface area contributed by atoms with Crippen molar-refractivity contribution in [1.82, 2.24) is 0 Å². The van der Waals surface area contributed by atoms with Gasteiger partial charge >= 0.3 is 0 Å². The maximum absolute atomic E-state index is 12.9. The third kappa shape index (κ3) is 2.71. The van der Waals surface area contributed by atoms with Crippen LogP contribution >= 0.6 is 0 Å². The maximum atomic E-state index is 12.9. The third-order valence-corrected chi connectivity index (χ3v) is 3.87. The van der Waals surface area contributed by atoms with Gasteiger partial charge in [0.25, 0.3) is 0 Å². The van der Waals surface area contributed by atoms with Crippen LogP contribution in [-0.4, -0.2) is 5.78 Å². The van der Waals surface area contributed by atoms with E-state index < -0.39 is 0 Å². The van der Waals surface area contributed by atoms with Crippen LogP contribution in [0.2, 0.25) is 0 Å². The molecule has 22 heavy (non-hydrogen) atoms. The molecule has 0 heterocycles. The molecule has 0 fully saturated rings. The van der Waals surface area contributed by atoms with Crippen molar-refractivity contribution in [1.29, 1.82) is 0 Å². The lowest BCUT2D eigenvalue weighted by atomic mass is 9.89. The summed E-state index contributed by atoms with van der Waals surface area (Å²) in [6.45, 7) is 2.12. The van der Waals surface area contributed by atoms with Crippen molar-refractivity contribution in [2.75, 3.05) is 0 Å². The fourth-order valence-electron chi connectivity index (χ4n) is 2.77. The fraction of sp³-hybridized carbons (Fsp3) is 0.0952. The van der Waals surface area contributed by atoms with E-state index in [0.29, 0.717) is 0 Å². The lowest BCUT2D eigenvalue weighted by Crippen LogP contribution is -2.05. The zero-order valence-electron chi connectivity index (χ0n) is 12.6. The first-order chi connectivity index (χ1) is 10.8. The highest BCUT2D eigenvalue weighted by atomic mass is 16.1. The molecule has 1 heteroatoms. The van der Waals surface area contributed by atoms with Crippen molar-refractivity contribution in [3.05, 3.63) is 95.6 Å². The van der Waals surface area contributed by atoms with Gasteiger partial charge in [-0.25, -0.2) is 0 Å². The van der Waals surface area contributed by atoms with Gasteiger partial charge in [0.05, 0.1) is 0 Å². The second-order valence-electron chi connectivity index (χ2n) is 5.25. The van der Waals surface area contributed by atoms with E-state index in [4.69, 9.17) is 0 Å². The van der Waals surface area contributed by atoms with Gasteiger partial charge in [0.2, 0.25) is 0 Å². The monoisotopic (exact) mass is 286 g/mol. The van der Waals surface area contributed by atoms with Crippen LogP contribution in [0.4, 0.5) is 0 Å². The van der Waals surface area contributed by atoms with Crippen molar-refractivity contribution in [3.8, 4) is 11.1 Å². The van der Waals surface area contributed by atoms with E-state index >= 15 is 0 Å². The molecule has 0 saturated carbocycles. The smallest absolute Gasteiger partial charge is 0.193 e. The molecule has 0 saturated heterocycles. The van der Waals surface area contributed by atoms with Crippen LogP contribution in [-0.2, 0) is 6.42 Å². The zero-order valence-corrected chi connectivity index (χ0v) is 12.6. The van der Waals surface area contributed by atoms with Gasteiger partial charge in [-0.1, -0.05) is 85.8 Å². The van der Waals surface area contributed by atoms with Crippen molar-refractivity contribution >= 4 is 5.78 Å². The number of ketones is 1. The predicted molar refractivity (Wildman–Crippen MR) is 91.1 cm³/mol. The molecule has 0 radical (unpaired) electrons. The second kappa shape index (κ2) is 6.40. The number of rotatable bonds is 4. The van der Waals surface area contributed by atoms with Gasteiger partial charge in [-0.3, -0.25) is 4.79 Å². The molecule has 0 bridgehead atoms. The molecule has 1 nitrogen and oxygen atoms in total. The van der Waals surface area contributed by atoms with E-state index in [1.807, 2.05) is 60.7 Å². The summed E-state index contributed by atoms with van der Waals surface area (Å²) in [7, 11) is 0. The number of carbonyl (C=O) groups is 1. The van der Waals surface area contributed by atoms with Crippen LogP contribution in [0.1, 0.15) is 28.4 Å².